The van der Waals surface area contributed by atoms with E-state index in [0.29, 0.717) is 11.3 Å². The number of hydrogen-bond acceptors (Lipinski definition) is 6. The molecule has 2 aromatic carbocycles. The summed E-state index contributed by atoms with van der Waals surface area (Å²) in [6.45, 7) is 2.13. The van der Waals surface area contributed by atoms with Gasteiger partial charge in [-0.2, -0.15) is 5.26 Å². The lowest BCUT2D eigenvalue weighted by Gasteiger charge is -2.12. The summed E-state index contributed by atoms with van der Waals surface area (Å²) < 4.78 is 1.27. The smallest absolute Gasteiger partial charge is 0.101 e. The fourth-order valence-corrected chi connectivity index (χ4v) is 4.36. The SMILES string of the molecule is Cc1csc2ccc(-c3cc(Nc4cnccc4C#N)cc4nccnc34)cc12. The highest BCUT2D eigenvalue weighted by molar-refractivity contribution is 7.17. The van der Waals surface area contributed by atoms with Crippen LogP contribution in [0.3, 0.4) is 0 Å². The van der Waals surface area contributed by atoms with E-state index >= 15 is 0 Å². The van der Waals surface area contributed by atoms with Crippen LogP contribution >= 0.6 is 11.3 Å². The van der Waals surface area contributed by atoms with Crippen LogP contribution in [0.2, 0.25) is 0 Å². The Hall–Kier alpha value is -3.82. The van der Waals surface area contributed by atoms with Crippen molar-refractivity contribution in [2.45, 2.75) is 6.92 Å². The van der Waals surface area contributed by atoms with Crippen LogP contribution < -0.4 is 5.32 Å². The molecule has 0 fully saturated rings. The van der Waals surface area contributed by atoms with Gasteiger partial charge in [0.2, 0.25) is 0 Å². The molecular weight excluding hydrogens is 378 g/mol. The first-order valence-corrected chi connectivity index (χ1v) is 9.95. The molecule has 0 atom stereocenters. The van der Waals surface area contributed by atoms with Gasteiger partial charge in [-0.1, -0.05) is 6.07 Å². The van der Waals surface area contributed by atoms with E-state index in [4.69, 9.17) is 0 Å². The fourth-order valence-electron chi connectivity index (χ4n) is 3.44. The Bertz CT molecular complexity index is 1410. The third kappa shape index (κ3) is 3.08. The van der Waals surface area contributed by atoms with Crippen LogP contribution in [0.25, 0.3) is 32.2 Å². The number of aromatic nitrogens is 3. The minimum atomic E-state index is 0.538. The zero-order valence-electron chi connectivity index (χ0n) is 15.5. The maximum Gasteiger partial charge on any atom is 0.101 e. The zero-order valence-corrected chi connectivity index (χ0v) is 16.4. The molecule has 0 radical (unpaired) electrons. The van der Waals surface area contributed by atoms with Crippen molar-refractivity contribution in [1.82, 2.24) is 15.0 Å². The Morgan fingerprint density at radius 1 is 1.03 bits per heavy atom. The molecule has 1 N–H and O–H groups in total. The molecule has 0 amide bonds. The summed E-state index contributed by atoms with van der Waals surface area (Å²) in [5.41, 5.74) is 7.01. The predicted octanol–water partition coefficient (Wildman–Crippen LogP) is 5.83. The Morgan fingerprint density at radius 2 is 1.93 bits per heavy atom. The van der Waals surface area contributed by atoms with E-state index in [1.165, 1.54) is 15.6 Å². The van der Waals surface area contributed by atoms with Crippen LogP contribution in [0, 0.1) is 18.3 Å². The molecule has 6 heteroatoms. The van der Waals surface area contributed by atoms with Crippen molar-refractivity contribution in [1.29, 1.82) is 5.26 Å². The van der Waals surface area contributed by atoms with Gasteiger partial charge in [-0.05, 0) is 59.1 Å². The second kappa shape index (κ2) is 6.97. The second-order valence-electron chi connectivity index (χ2n) is 6.74. The lowest BCUT2D eigenvalue weighted by atomic mass is 10.0. The molecule has 5 nitrogen and oxygen atoms in total. The molecule has 3 heterocycles. The Balaban J connectivity index is 1.70. The van der Waals surface area contributed by atoms with E-state index in [1.54, 1.807) is 42.2 Å². The van der Waals surface area contributed by atoms with Gasteiger partial charge in [0.15, 0.2) is 0 Å². The Labute approximate surface area is 171 Å². The molecule has 0 aliphatic carbocycles. The van der Waals surface area contributed by atoms with Gasteiger partial charge in [-0.25, -0.2) is 0 Å². The summed E-state index contributed by atoms with van der Waals surface area (Å²) in [6.07, 6.45) is 6.66. The standard InChI is InChI=1S/C23H15N5S/c1-14-13-29-22-3-2-15(8-18(14)22)19-9-17(10-20-23(19)27-7-6-26-20)28-21-12-25-5-4-16(21)11-24/h2-10,12-13,28H,1H3. The number of benzene rings is 2. The summed E-state index contributed by atoms with van der Waals surface area (Å²) in [4.78, 5) is 13.2. The number of thiophene rings is 1. The number of rotatable bonds is 3. The van der Waals surface area contributed by atoms with Gasteiger partial charge in [0, 0.05) is 34.5 Å². The Morgan fingerprint density at radius 3 is 2.83 bits per heavy atom. The molecule has 0 unspecified atom stereocenters. The van der Waals surface area contributed by atoms with Crippen molar-refractivity contribution >= 4 is 43.8 Å². The van der Waals surface area contributed by atoms with Gasteiger partial charge in [0.05, 0.1) is 28.5 Å². The van der Waals surface area contributed by atoms with Crippen LogP contribution in [0.4, 0.5) is 11.4 Å². The number of fused-ring (bicyclic) bond motifs is 2. The number of aryl methyl sites for hydroxylation is 1. The van der Waals surface area contributed by atoms with E-state index in [-0.39, 0.29) is 0 Å². The average molecular weight is 393 g/mol. The highest BCUT2D eigenvalue weighted by atomic mass is 32.1. The number of hydrogen-bond donors (Lipinski definition) is 1. The van der Waals surface area contributed by atoms with Gasteiger partial charge >= 0.3 is 0 Å². The second-order valence-corrected chi connectivity index (χ2v) is 7.65. The summed E-state index contributed by atoms with van der Waals surface area (Å²) in [5, 5.41) is 16.1. The maximum atomic E-state index is 9.37. The van der Waals surface area contributed by atoms with Crippen LogP contribution in [0.5, 0.6) is 0 Å². The lowest BCUT2D eigenvalue weighted by molar-refractivity contribution is 1.29. The molecule has 0 saturated carbocycles. The summed E-state index contributed by atoms with van der Waals surface area (Å²) in [7, 11) is 0. The van der Waals surface area contributed by atoms with Gasteiger partial charge in [-0.15, -0.1) is 11.3 Å². The van der Waals surface area contributed by atoms with Gasteiger partial charge in [0.1, 0.15) is 6.07 Å². The van der Waals surface area contributed by atoms with E-state index in [0.717, 1.165) is 27.8 Å². The van der Waals surface area contributed by atoms with Crippen LogP contribution in [-0.2, 0) is 0 Å². The highest BCUT2D eigenvalue weighted by Gasteiger charge is 2.12. The van der Waals surface area contributed by atoms with Crippen molar-refractivity contribution in [3.05, 3.63) is 77.7 Å². The third-order valence-corrected chi connectivity index (χ3v) is 5.95. The molecule has 138 valence electrons. The van der Waals surface area contributed by atoms with Crippen molar-refractivity contribution in [2.75, 3.05) is 5.32 Å². The molecule has 3 aromatic heterocycles. The van der Waals surface area contributed by atoms with Gasteiger partial charge in [-0.3, -0.25) is 15.0 Å². The first-order valence-electron chi connectivity index (χ1n) is 9.07. The largest absolute Gasteiger partial charge is 0.353 e. The third-order valence-electron chi connectivity index (χ3n) is 4.87. The molecule has 0 bridgehead atoms. The van der Waals surface area contributed by atoms with Crippen LogP contribution in [-0.4, -0.2) is 15.0 Å². The summed E-state index contributed by atoms with van der Waals surface area (Å²) in [6, 6.07) is 14.4. The first-order chi connectivity index (χ1) is 14.2. The monoisotopic (exact) mass is 393 g/mol. The number of nitrogens with zero attached hydrogens (tertiary/aromatic N) is 4. The minimum Gasteiger partial charge on any atom is -0.353 e. The first kappa shape index (κ1) is 17.3. The molecule has 5 rings (SSSR count). The van der Waals surface area contributed by atoms with Crippen molar-refractivity contribution in [2.24, 2.45) is 0 Å². The normalized spacial score (nSPS) is 10.9. The van der Waals surface area contributed by atoms with Crippen LogP contribution in [0.15, 0.2) is 66.6 Å². The van der Waals surface area contributed by atoms with Crippen molar-refractivity contribution in [3.8, 4) is 17.2 Å². The van der Waals surface area contributed by atoms with Crippen LogP contribution in [0.1, 0.15) is 11.1 Å². The molecule has 0 spiro atoms. The number of nitrogens with one attached hydrogen (secondary N) is 1. The molecule has 29 heavy (non-hydrogen) atoms. The predicted molar refractivity (Wildman–Crippen MR) is 117 cm³/mol. The van der Waals surface area contributed by atoms with E-state index in [9.17, 15) is 5.26 Å². The summed E-state index contributed by atoms with van der Waals surface area (Å²) in [5.74, 6) is 0. The van der Waals surface area contributed by atoms with E-state index < -0.39 is 0 Å². The minimum absolute atomic E-state index is 0.538. The molecular formula is C23H15N5S. The molecule has 0 saturated heterocycles. The number of nitriles is 1. The fraction of sp³-hybridized carbons (Fsp3) is 0.0435. The lowest BCUT2D eigenvalue weighted by Crippen LogP contribution is -1.96. The van der Waals surface area contributed by atoms with E-state index in [1.807, 2.05) is 12.1 Å². The molecule has 0 aliphatic heterocycles. The number of anilines is 2. The highest BCUT2D eigenvalue weighted by Crippen LogP contribution is 2.35. The zero-order chi connectivity index (χ0) is 19.8. The molecule has 5 aromatic rings. The molecule has 0 aliphatic rings. The van der Waals surface area contributed by atoms with Gasteiger partial charge in [0.25, 0.3) is 0 Å². The van der Waals surface area contributed by atoms with Gasteiger partial charge < -0.3 is 5.32 Å². The maximum absolute atomic E-state index is 9.37. The average Bonchev–Trinajstić information content (AvgIpc) is 3.14. The Kier molecular flexibility index (Phi) is 4.15. The topological polar surface area (TPSA) is 74.5 Å². The quantitative estimate of drug-likeness (QED) is 0.417. The van der Waals surface area contributed by atoms with Crippen molar-refractivity contribution in [3.63, 3.8) is 0 Å². The van der Waals surface area contributed by atoms with Crippen molar-refractivity contribution < 1.29 is 0 Å². The van der Waals surface area contributed by atoms with E-state index in [2.05, 4.69) is 56.8 Å². The number of pyridine rings is 1. The summed E-state index contributed by atoms with van der Waals surface area (Å²) >= 11 is 1.75.